The van der Waals surface area contributed by atoms with Crippen LogP contribution in [0.1, 0.15) is 18.9 Å². The molecule has 0 atom stereocenters. The smallest absolute Gasteiger partial charge is 0.234 e. The van der Waals surface area contributed by atoms with Crippen molar-refractivity contribution < 1.29 is 13.5 Å². The Kier molecular flexibility index (Phi) is 4.76. The summed E-state index contributed by atoms with van der Waals surface area (Å²) in [5.41, 5.74) is 1.66. The van der Waals surface area contributed by atoms with E-state index in [1.807, 2.05) is 18.2 Å². The van der Waals surface area contributed by atoms with E-state index in [1.54, 1.807) is 6.07 Å². The van der Waals surface area contributed by atoms with Crippen molar-refractivity contribution in [2.24, 2.45) is 0 Å². The molecule has 16 heavy (non-hydrogen) atoms. The molecular weight excluding hydrogens is 226 g/mol. The maximum Gasteiger partial charge on any atom is 0.234 e. The first-order chi connectivity index (χ1) is 7.57. The lowest BCUT2D eigenvalue weighted by molar-refractivity contribution is 0.320. The van der Waals surface area contributed by atoms with Crippen LogP contribution in [0.3, 0.4) is 0 Å². The summed E-state index contributed by atoms with van der Waals surface area (Å²) in [6.07, 6.45) is 1.95. The molecule has 0 saturated heterocycles. The first-order valence-electron chi connectivity index (χ1n) is 5.27. The van der Waals surface area contributed by atoms with Crippen LogP contribution in [0.2, 0.25) is 0 Å². The summed E-state index contributed by atoms with van der Waals surface area (Å²) in [6, 6.07) is 7.31. The van der Waals surface area contributed by atoms with Gasteiger partial charge in [0, 0.05) is 5.69 Å². The van der Waals surface area contributed by atoms with Crippen LogP contribution < -0.4 is 4.72 Å². The van der Waals surface area contributed by atoms with Crippen molar-refractivity contribution >= 4 is 15.7 Å². The maximum atomic E-state index is 11.4. The zero-order valence-corrected chi connectivity index (χ0v) is 10.1. The largest absolute Gasteiger partial charge is 0.395 e. The van der Waals surface area contributed by atoms with Gasteiger partial charge in [0.1, 0.15) is 0 Å². The molecule has 0 bridgehead atoms. The summed E-state index contributed by atoms with van der Waals surface area (Å²) >= 11 is 0. The molecule has 1 aromatic carbocycles. The van der Waals surface area contributed by atoms with Gasteiger partial charge in [-0.15, -0.1) is 0 Å². The Morgan fingerprint density at radius 2 is 2.12 bits per heavy atom. The van der Waals surface area contributed by atoms with Crippen molar-refractivity contribution in [3.05, 3.63) is 29.8 Å². The highest BCUT2D eigenvalue weighted by Gasteiger charge is 2.09. The van der Waals surface area contributed by atoms with Crippen LogP contribution in [-0.4, -0.2) is 25.9 Å². The molecule has 0 radical (unpaired) electrons. The van der Waals surface area contributed by atoms with Crippen LogP contribution in [0.4, 0.5) is 5.69 Å². The van der Waals surface area contributed by atoms with Gasteiger partial charge in [0.05, 0.1) is 12.4 Å². The summed E-state index contributed by atoms with van der Waals surface area (Å²) < 4.78 is 25.2. The highest BCUT2D eigenvalue weighted by atomic mass is 32.2. The Morgan fingerprint density at radius 1 is 1.38 bits per heavy atom. The van der Waals surface area contributed by atoms with Crippen molar-refractivity contribution in [2.75, 3.05) is 17.1 Å². The number of aliphatic hydroxyl groups excluding tert-OH is 1. The van der Waals surface area contributed by atoms with E-state index in [4.69, 9.17) is 5.11 Å². The lowest BCUT2D eigenvalue weighted by Crippen LogP contribution is -2.18. The Bertz CT molecular complexity index is 429. The molecule has 0 spiro atoms. The van der Waals surface area contributed by atoms with Gasteiger partial charge in [0.2, 0.25) is 10.0 Å². The summed E-state index contributed by atoms with van der Waals surface area (Å²) in [5.74, 6) is -0.273. The third-order valence-corrected chi connectivity index (χ3v) is 3.37. The second-order valence-electron chi connectivity index (χ2n) is 3.59. The number of aryl methyl sites for hydroxylation is 1. The molecule has 90 valence electrons. The van der Waals surface area contributed by atoms with E-state index in [0.717, 1.165) is 18.4 Å². The summed E-state index contributed by atoms with van der Waals surface area (Å²) in [7, 11) is -3.42. The van der Waals surface area contributed by atoms with E-state index >= 15 is 0 Å². The van der Waals surface area contributed by atoms with Crippen LogP contribution in [0.5, 0.6) is 0 Å². The van der Waals surface area contributed by atoms with Gasteiger partial charge < -0.3 is 5.11 Å². The van der Waals surface area contributed by atoms with Crippen LogP contribution >= 0.6 is 0 Å². The SMILES string of the molecule is CCCc1cccc(NS(=O)(=O)CCO)c1. The minimum Gasteiger partial charge on any atom is -0.395 e. The fourth-order valence-corrected chi connectivity index (χ4v) is 2.26. The number of hydrogen-bond donors (Lipinski definition) is 2. The molecule has 0 unspecified atom stereocenters. The fraction of sp³-hybridized carbons (Fsp3) is 0.455. The lowest BCUT2D eigenvalue weighted by Gasteiger charge is -2.08. The molecule has 0 aliphatic rings. The summed E-state index contributed by atoms with van der Waals surface area (Å²) in [6.45, 7) is 1.70. The fourth-order valence-electron chi connectivity index (χ4n) is 1.43. The molecule has 0 aliphatic heterocycles. The van der Waals surface area contributed by atoms with Gasteiger partial charge in [-0.25, -0.2) is 8.42 Å². The average Bonchev–Trinajstić information content (AvgIpc) is 2.17. The van der Waals surface area contributed by atoms with Crippen molar-refractivity contribution in [3.8, 4) is 0 Å². The van der Waals surface area contributed by atoms with E-state index < -0.39 is 10.0 Å². The molecule has 0 saturated carbocycles. The number of hydrogen-bond acceptors (Lipinski definition) is 3. The number of anilines is 1. The Hall–Kier alpha value is -1.07. The van der Waals surface area contributed by atoms with Crippen molar-refractivity contribution in [2.45, 2.75) is 19.8 Å². The van der Waals surface area contributed by atoms with Crippen molar-refractivity contribution in [1.29, 1.82) is 0 Å². The lowest BCUT2D eigenvalue weighted by atomic mass is 10.1. The highest BCUT2D eigenvalue weighted by Crippen LogP contribution is 2.13. The standard InChI is InChI=1S/C11H17NO3S/c1-2-4-10-5-3-6-11(9-10)12-16(14,15)8-7-13/h3,5-6,9,12-13H,2,4,7-8H2,1H3. The molecule has 0 aliphatic carbocycles. The molecule has 1 rings (SSSR count). The predicted octanol–water partition coefficient (Wildman–Crippen LogP) is 1.37. The van der Waals surface area contributed by atoms with Gasteiger partial charge >= 0.3 is 0 Å². The van der Waals surface area contributed by atoms with Gasteiger partial charge in [-0.2, -0.15) is 0 Å². The third kappa shape index (κ3) is 4.20. The molecule has 5 heteroatoms. The maximum absolute atomic E-state index is 11.4. The summed E-state index contributed by atoms with van der Waals surface area (Å²) in [4.78, 5) is 0. The quantitative estimate of drug-likeness (QED) is 0.793. The predicted molar refractivity (Wildman–Crippen MR) is 64.9 cm³/mol. The second-order valence-corrected chi connectivity index (χ2v) is 5.44. The Balaban J connectivity index is 2.77. The molecule has 1 aromatic rings. The highest BCUT2D eigenvalue weighted by molar-refractivity contribution is 7.92. The van der Waals surface area contributed by atoms with Gasteiger partial charge in [-0.1, -0.05) is 25.5 Å². The molecular formula is C11H17NO3S. The Labute approximate surface area is 96.4 Å². The van der Waals surface area contributed by atoms with E-state index in [2.05, 4.69) is 11.6 Å². The van der Waals surface area contributed by atoms with Gasteiger partial charge in [-0.05, 0) is 24.1 Å². The second kappa shape index (κ2) is 5.86. The van der Waals surface area contributed by atoms with Crippen molar-refractivity contribution in [1.82, 2.24) is 0 Å². The number of aliphatic hydroxyl groups is 1. The van der Waals surface area contributed by atoms with Crippen LogP contribution in [0, 0.1) is 0 Å². The minimum atomic E-state index is -3.42. The van der Waals surface area contributed by atoms with Crippen LogP contribution in [0.25, 0.3) is 0 Å². The number of benzene rings is 1. The first-order valence-corrected chi connectivity index (χ1v) is 6.93. The zero-order valence-electron chi connectivity index (χ0n) is 9.31. The van der Waals surface area contributed by atoms with Gasteiger partial charge in [-0.3, -0.25) is 4.72 Å². The average molecular weight is 243 g/mol. The monoisotopic (exact) mass is 243 g/mol. The molecule has 4 nitrogen and oxygen atoms in total. The molecule has 0 heterocycles. The van der Waals surface area contributed by atoms with E-state index in [1.165, 1.54) is 0 Å². The zero-order chi connectivity index (χ0) is 12.0. The van der Waals surface area contributed by atoms with E-state index in [9.17, 15) is 8.42 Å². The van der Waals surface area contributed by atoms with Crippen molar-refractivity contribution in [3.63, 3.8) is 0 Å². The molecule has 0 aromatic heterocycles. The molecule has 0 fully saturated rings. The first kappa shape index (κ1) is 13.0. The van der Waals surface area contributed by atoms with E-state index in [-0.39, 0.29) is 12.4 Å². The van der Waals surface area contributed by atoms with Crippen LogP contribution in [0.15, 0.2) is 24.3 Å². The Morgan fingerprint density at radius 3 is 2.75 bits per heavy atom. The topological polar surface area (TPSA) is 66.4 Å². The minimum absolute atomic E-state index is 0.273. The summed E-state index contributed by atoms with van der Waals surface area (Å²) in [5, 5.41) is 8.60. The number of nitrogens with one attached hydrogen (secondary N) is 1. The number of sulfonamides is 1. The van der Waals surface area contributed by atoms with E-state index in [0.29, 0.717) is 5.69 Å². The normalized spacial score (nSPS) is 11.4. The third-order valence-electron chi connectivity index (χ3n) is 2.10. The van der Waals surface area contributed by atoms with Gasteiger partial charge in [0.15, 0.2) is 0 Å². The van der Waals surface area contributed by atoms with Crippen LogP contribution in [-0.2, 0) is 16.4 Å². The number of rotatable bonds is 6. The molecule has 0 amide bonds. The molecule has 2 N–H and O–H groups in total. The van der Waals surface area contributed by atoms with Gasteiger partial charge in [0.25, 0.3) is 0 Å².